The molecule has 0 saturated heterocycles. The molecule has 3 rings (SSSR count). The third-order valence-electron chi connectivity index (χ3n) is 4.61. The van der Waals surface area contributed by atoms with Crippen LogP contribution in [0.5, 0.6) is 0 Å². The van der Waals surface area contributed by atoms with Gasteiger partial charge in [0.2, 0.25) is 0 Å². The zero-order valence-corrected chi connectivity index (χ0v) is 16.9. The second-order valence-electron chi connectivity index (χ2n) is 7.66. The molecular formula is C27H28N+. The van der Waals surface area contributed by atoms with Crippen molar-refractivity contribution >= 4 is 17.3 Å². The molecule has 0 N–H and O–H groups in total. The van der Waals surface area contributed by atoms with E-state index in [1.54, 1.807) is 0 Å². The van der Waals surface area contributed by atoms with Gasteiger partial charge < -0.3 is 0 Å². The third kappa shape index (κ3) is 5.42. The van der Waals surface area contributed by atoms with Crippen molar-refractivity contribution in [2.75, 3.05) is 21.1 Å². The van der Waals surface area contributed by atoms with Crippen molar-refractivity contribution in [3.05, 3.63) is 126 Å². The van der Waals surface area contributed by atoms with Gasteiger partial charge in [-0.05, 0) is 46.5 Å². The first kappa shape index (κ1) is 19.6. The first-order valence-corrected chi connectivity index (χ1v) is 9.62. The molecule has 0 spiro atoms. The van der Waals surface area contributed by atoms with Crippen LogP contribution in [0.4, 0.5) is 5.69 Å². The molecule has 140 valence electrons. The van der Waals surface area contributed by atoms with Crippen LogP contribution in [0.25, 0.3) is 11.6 Å². The summed E-state index contributed by atoms with van der Waals surface area (Å²) in [6, 6.07) is 29.7. The van der Waals surface area contributed by atoms with Gasteiger partial charge in [0, 0.05) is 0 Å². The monoisotopic (exact) mass is 366 g/mol. The van der Waals surface area contributed by atoms with E-state index in [0.29, 0.717) is 0 Å². The van der Waals surface area contributed by atoms with Crippen LogP contribution in [0.15, 0.2) is 109 Å². The molecule has 0 aromatic heterocycles. The maximum absolute atomic E-state index is 2.19. The highest BCUT2D eigenvalue weighted by molar-refractivity contribution is 5.80. The average Bonchev–Trinajstić information content (AvgIpc) is 2.72. The van der Waals surface area contributed by atoms with Gasteiger partial charge in [0.05, 0.1) is 21.1 Å². The Morgan fingerprint density at radius 2 is 1.14 bits per heavy atom. The van der Waals surface area contributed by atoms with Crippen LogP contribution >= 0.6 is 0 Å². The lowest BCUT2D eigenvalue weighted by Gasteiger charge is -2.23. The highest BCUT2D eigenvalue weighted by Gasteiger charge is 2.10. The molecule has 3 aromatic rings. The highest BCUT2D eigenvalue weighted by atomic mass is 15.3. The Morgan fingerprint density at radius 3 is 1.64 bits per heavy atom. The molecule has 0 saturated carbocycles. The molecule has 0 aliphatic carbocycles. The Labute approximate surface area is 169 Å². The van der Waals surface area contributed by atoms with Crippen LogP contribution in [-0.2, 0) is 0 Å². The maximum atomic E-state index is 2.19. The van der Waals surface area contributed by atoms with Gasteiger partial charge in [-0.15, -0.1) is 0 Å². The molecule has 0 atom stereocenters. The van der Waals surface area contributed by atoms with Crippen LogP contribution in [0.1, 0.15) is 16.7 Å². The fourth-order valence-corrected chi connectivity index (χ4v) is 3.01. The molecule has 0 heterocycles. The van der Waals surface area contributed by atoms with Crippen molar-refractivity contribution in [2.45, 2.75) is 0 Å². The summed E-state index contributed by atoms with van der Waals surface area (Å²) in [4.78, 5) is 0. The van der Waals surface area contributed by atoms with Crippen molar-refractivity contribution in [3.8, 4) is 0 Å². The van der Waals surface area contributed by atoms with Gasteiger partial charge in [0.15, 0.2) is 0 Å². The number of quaternary nitrogens is 1. The van der Waals surface area contributed by atoms with Crippen molar-refractivity contribution in [1.82, 2.24) is 4.48 Å². The Kier molecular flexibility index (Phi) is 6.41. The minimum absolute atomic E-state index is 0.830. The smallest absolute Gasteiger partial charge is 0.132 e. The number of allylic oxidation sites excluding steroid dienone is 4. The Balaban J connectivity index is 1.76. The zero-order chi connectivity index (χ0) is 19.8. The van der Waals surface area contributed by atoms with Crippen LogP contribution < -0.4 is 4.48 Å². The summed E-state index contributed by atoms with van der Waals surface area (Å²) < 4.78 is 0.830. The number of hydrogen-bond donors (Lipinski definition) is 0. The fraction of sp³-hybridized carbons (Fsp3) is 0.111. The third-order valence-corrected chi connectivity index (χ3v) is 4.61. The predicted molar refractivity (Wildman–Crippen MR) is 124 cm³/mol. The Hall–Kier alpha value is -3.16. The fourth-order valence-electron chi connectivity index (χ4n) is 3.01. The molecule has 0 amide bonds. The van der Waals surface area contributed by atoms with E-state index in [9.17, 15) is 0 Å². The molecule has 1 heteroatoms. The maximum Gasteiger partial charge on any atom is 0.132 e. The van der Waals surface area contributed by atoms with Crippen molar-refractivity contribution < 1.29 is 0 Å². The number of nitrogens with zero attached hydrogens (tertiary/aromatic N) is 1. The van der Waals surface area contributed by atoms with E-state index in [1.165, 1.54) is 28.0 Å². The molecule has 0 bridgehead atoms. The molecule has 0 aliphatic heterocycles. The summed E-state index contributed by atoms with van der Waals surface area (Å²) in [5, 5.41) is 0. The largest absolute Gasteiger partial charge is 0.298 e. The minimum Gasteiger partial charge on any atom is -0.298 e. The number of rotatable bonds is 6. The van der Waals surface area contributed by atoms with Gasteiger partial charge in [0.1, 0.15) is 5.69 Å². The molecule has 3 aromatic carbocycles. The summed E-state index contributed by atoms with van der Waals surface area (Å²) in [6.45, 7) is 0. The Morgan fingerprint density at radius 1 is 0.607 bits per heavy atom. The van der Waals surface area contributed by atoms with Crippen LogP contribution in [0, 0.1) is 0 Å². The van der Waals surface area contributed by atoms with E-state index in [2.05, 4.69) is 136 Å². The number of hydrogen-bond acceptors (Lipinski definition) is 0. The Bertz CT molecular complexity index is 913. The quantitative estimate of drug-likeness (QED) is 0.341. The topological polar surface area (TPSA) is 0 Å². The summed E-state index contributed by atoms with van der Waals surface area (Å²) in [7, 11) is 6.53. The van der Waals surface area contributed by atoms with Crippen LogP contribution in [0.3, 0.4) is 0 Å². The molecule has 1 nitrogen and oxygen atoms in total. The summed E-state index contributed by atoms with van der Waals surface area (Å²) in [5.41, 5.74) is 6.16. The normalized spacial score (nSPS) is 11.8. The van der Waals surface area contributed by atoms with Crippen molar-refractivity contribution in [1.29, 1.82) is 0 Å². The minimum atomic E-state index is 0.830. The average molecular weight is 367 g/mol. The van der Waals surface area contributed by atoms with Crippen LogP contribution in [0.2, 0.25) is 0 Å². The van der Waals surface area contributed by atoms with E-state index in [-0.39, 0.29) is 0 Å². The highest BCUT2D eigenvalue weighted by Crippen LogP contribution is 2.23. The molecule has 28 heavy (non-hydrogen) atoms. The van der Waals surface area contributed by atoms with E-state index in [1.807, 2.05) is 0 Å². The molecule has 0 fully saturated rings. The van der Waals surface area contributed by atoms with Gasteiger partial charge >= 0.3 is 0 Å². The van der Waals surface area contributed by atoms with E-state index in [4.69, 9.17) is 0 Å². The van der Waals surface area contributed by atoms with E-state index >= 15 is 0 Å². The van der Waals surface area contributed by atoms with Gasteiger partial charge in [0.25, 0.3) is 0 Å². The van der Waals surface area contributed by atoms with Gasteiger partial charge in [-0.3, -0.25) is 4.48 Å². The number of benzene rings is 3. The lowest BCUT2D eigenvalue weighted by Crippen LogP contribution is -2.34. The van der Waals surface area contributed by atoms with Gasteiger partial charge in [-0.1, -0.05) is 91.0 Å². The second kappa shape index (κ2) is 9.16. The van der Waals surface area contributed by atoms with Gasteiger partial charge in [-0.2, -0.15) is 0 Å². The SMILES string of the molecule is C[N+](C)(C)c1ccc(/C=C/C=C/C=C(c2ccccc2)c2ccccc2)cc1. The standard InChI is InChI=1S/C27H28N/c1-28(2,3)26-21-19-23(20-22-26)13-7-4-12-18-27(24-14-8-5-9-15-24)25-16-10-6-11-17-25/h4-22H,1-3H3/q+1/b12-4+,13-7+. The molecule has 0 aliphatic rings. The first-order valence-electron chi connectivity index (χ1n) is 9.62. The summed E-state index contributed by atoms with van der Waals surface area (Å²) in [5.74, 6) is 0. The molecule has 0 unspecified atom stereocenters. The molecule has 0 radical (unpaired) electrons. The van der Waals surface area contributed by atoms with Crippen LogP contribution in [-0.4, -0.2) is 21.1 Å². The lowest BCUT2D eigenvalue weighted by molar-refractivity contribution is 0.486. The summed E-state index contributed by atoms with van der Waals surface area (Å²) in [6.07, 6.45) is 10.6. The van der Waals surface area contributed by atoms with Crippen molar-refractivity contribution in [3.63, 3.8) is 0 Å². The lowest BCUT2D eigenvalue weighted by atomic mass is 9.97. The zero-order valence-electron chi connectivity index (χ0n) is 16.9. The van der Waals surface area contributed by atoms with E-state index in [0.717, 1.165) is 4.48 Å². The first-order chi connectivity index (χ1) is 13.5. The van der Waals surface area contributed by atoms with Gasteiger partial charge in [-0.25, -0.2) is 0 Å². The second-order valence-corrected chi connectivity index (χ2v) is 7.66. The predicted octanol–water partition coefficient (Wildman–Crippen LogP) is 6.58. The molecular weight excluding hydrogens is 338 g/mol. The summed E-state index contributed by atoms with van der Waals surface area (Å²) >= 11 is 0. The van der Waals surface area contributed by atoms with Crippen molar-refractivity contribution in [2.24, 2.45) is 0 Å². The van der Waals surface area contributed by atoms with E-state index < -0.39 is 0 Å².